The fourth-order valence-electron chi connectivity index (χ4n) is 1.55. The molecule has 0 bridgehead atoms. The van der Waals surface area contributed by atoms with E-state index in [2.05, 4.69) is 0 Å². The predicted molar refractivity (Wildman–Crippen MR) is 64.5 cm³/mol. The fourth-order valence-corrected chi connectivity index (χ4v) is 1.55. The molecule has 1 N–H and O–H groups in total. The Kier molecular flexibility index (Phi) is 4.97. The van der Waals surface area contributed by atoms with Crippen molar-refractivity contribution in [3.8, 4) is 0 Å². The van der Waals surface area contributed by atoms with Crippen LogP contribution in [-0.2, 0) is 16.0 Å². The maximum atomic E-state index is 13.4. The minimum atomic E-state index is -1.01. The smallest absolute Gasteiger partial charge is 0.308 e. The van der Waals surface area contributed by atoms with Crippen molar-refractivity contribution >= 4 is 11.9 Å². The molecule has 0 heterocycles. The minimum absolute atomic E-state index is 0.0387. The first-order valence-electron chi connectivity index (χ1n) is 5.72. The zero-order valence-corrected chi connectivity index (χ0v) is 10.7. The van der Waals surface area contributed by atoms with Crippen LogP contribution >= 0.6 is 0 Å². The lowest BCUT2D eigenvalue weighted by molar-refractivity contribution is -0.142. The van der Waals surface area contributed by atoms with Crippen molar-refractivity contribution in [3.63, 3.8) is 0 Å². The van der Waals surface area contributed by atoms with E-state index >= 15 is 0 Å². The average Bonchev–Trinajstić information content (AvgIpc) is 2.32. The van der Waals surface area contributed by atoms with Gasteiger partial charge in [0.25, 0.3) is 0 Å². The van der Waals surface area contributed by atoms with Crippen molar-refractivity contribution in [1.82, 2.24) is 4.90 Å². The molecule has 4 nitrogen and oxygen atoms in total. The van der Waals surface area contributed by atoms with E-state index in [0.29, 0.717) is 6.07 Å². The molecular weight excluding hydrogens is 256 g/mol. The summed E-state index contributed by atoms with van der Waals surface area (Å²) in [5.41, 5.74) is 0.0845. The zero-order chi connectivity index (χ0) is 14.6. The largest absolute Gasteiger partial charge is 0.481 e. The van der Waals surface area contributed by atoms with Gasteiger partial charge in [0.2, 0.25) is 5.91 Å². The molecule has 1 aromatic rings. The van der Waals surface area contributed by atoms with Crippen LogP contribution in [-0.4, -0.2) is 35.5 Å². The van der Waals surface area contributed by atoms with Crippen molar-refractivity contribution in [2.24, 2.45) is 5.92 Å². The summed E-state index contributed by atoms with van der Waals surface area (Å²) in [4.78, 5) is 23.7. The molecule has 0 aliphatic rings. The van der Waals surface area contributed by atoms with Gasteiger partial charge in [-0.05, 0) is 11.6 Å². The van der Waals surface area contributed by atoms with Crippen LogP contribution in [0.25, 0.3) is 0 Å². The Bertz CT molecular complexity index is 491. The highest BCUT2D eigenvalue weighted by Crippen LogP contribution is 2.11. The summed E-state index contributed by atoms with van der Waals surface area (Å²) in [5.74, 6) is -3.62. The normalized spacial score (nSPS) is 12.0. The third-order valence-corrected chi connectivity index (χ3v) is 2.75. The quantitative estimate of drug-likeness (QED) is 0.886. The molecule has 0 aliphatic heterocycles. The van der Waals surface area contributed by atoms with Crippen LogP contribution in [0.1, 0.15) is 12.5 Å². The van der Waals surface area contributed by atoms with Crippen LogP contribution in [0.2, 0.25) is 0 Å². The first-order chi connectivity index (χ1) is 8.81. The van der Waals surface area contributed by atoms with E-state index in [9.17, 15) is 18.4 Å². The summed E-state index contributed by atoms with van der Waals surface area (Å²) >= 11 is 0. The number of hydrogen-bond acceptors (Lipinski definition) is 2. The summed E-state index contributed by atoms with van der Waals surface area (Å²) in [6, 6.07) is 2.99. The molecule has 0 spiro atoms. The summed E-state index contributed by atoms with van der Waals surface area (Å²) < 4.78 is 26.1. The third-order valence-electron chi connectivity index (χ3n) is 2.75. The fraction of sp³-hybridized carbons (Fsp3) is 0.385. The van der Waals surface area contributed by atoms with Crippen LogP contribution in [0, 0.1) is 17.6 Å². The molecule has 1 rings (SSSR count). The zero-order valence-electron chi connectivity index (χ0n) is 10.7. The number of nitrogens with zero attached hydrogens (tertiary/aromatic N) is 1. The molecule has 104 valence electrons. The molecular formula is C13H15F2NO3. The van der Waals surface area contributed by atoms with Gasteiger partial charge in [-0.2, -0.15) is 0 Å². The van der Waals surface area contributed by atoms with Gasteiger partial charge in [-0.25, -0.2) is 8.78 Å². The minimum Gasteiger partial charge on any atom is -0.481 e. The second-order valence-electron chi connectivity index (χ2n) is 4.43. The monoisotopic (exact) mass is 271 g/mol. The molecule has 0 saturated carbocycles. The van der Waals surface area contributed by atoms with Crippen LogP contribution in [0.4, 0.5) is 8.78 Å². The number of aliphatic carboxylic acids is 1. The second-order valence-corrected chi connectivity index (χ2v) is 4.43. The van der Waals surface area contributed by atoms with Crippen molar-refractivity contribution in [1.29, 1.82) is 0 Å². The van der Waals surface area contributed by atoms with Gasteiger partial charge in [0, 0.05) is 19.7 Å². The number of benzene rings is 1. The van der Waals surface area contributed by atoms with Gasteiger partial charge in [-0.1, -0.05) is 13.0 Å². The molecule has 1 aromatic carbocycles. The van der Waals surface area contributed by atoms with E-state index < -0.39 is 29.4 Å². The summed E-state index contributed by atoms with van der Waals surface area (Å²) in [7, 11) is 1.45. The highest BCUT2D eigenvalue weighted by molar-refractivity contribution is 5.79. The van der Waals surface area contributed by atoms with Crippen molar-refractivity contribution in [2.75, 3.05) is 13.6 Å². The number of halogens is 2. The van der Waals surface area contributed by atoms with Crippen LogP contribution in [0.5, 0.6) is 0 Å². The molecule has 0 aliphatic carbocycles. The number of likely N-dealkylation sites (N-methyl/N-ethyl adjacent to an activating group) is 1. The maximum Gasteiger partial charge on any atom is 0.308 e. The summed E-state index contributed by atoms with van der Waals surface area (Å²) in [5, 5.41) is 8.74. The average molecular weight is 271 g/mol. The molecule has 1 atom stereocenters. The van der Waals surface area contributed by atoms with Gasteiger partial charge in [0.1, 0.15) is 11.6 Å². The topological polar surface area (TPSA) is 57.6 Å². The van der Waals surface area contributed by atoms with E-state index in [1.165, 1.54) is 24.9 Å². The Morgan fingerprint density at radius 1 is 1.37 bits per heavy atom. The number of carboxylic acid groups (broad SMARTS) is 1. The molecule has 19 heavy (non-hydrogen) atoms. The maximum absolute atomic E-state index is 13.4. The molecule has 0 radical (unpaired) electrons. The van der Waals surface area contributed by atoms with E-state index in [4.69, 9.17) is 5.11 Å². The van der Waals surface area contributed by atoms with E-state index in [0.717, 1.165) is 6.07 Å². The van der Waals surface area contributed by atoms with Crippen LogP contribution in [0.3, 0.4) is 0 Å². The Morgan fingerprint density at radius 2 is 2.00 bits per heavy atom. The van der Waals surface area contributed by atoms with Gasteiger partial charge in [0.05, 0.1) is 12.3 Å². The third kappa shape index (κ3) is 4.31. The number of amides is 1. The van der Waals surface area contributed by atoms with E-state index in [1.807, 2.05) is 0 Å². The predicted octanol–water partition coefficient (Wildman–Crippen LogP) is 1.69. The molecule has 0 fully saturated rings. The second kappa shape index (κ2) is 6.26. The van der Waals surface area contributed by atoms with Crippen LogP contribution in [0.15, 0.2) is 18.2 Å². The molecule has 6 heteroatoms. The van der Waals surface area contributed by atoms with Gasteiger partial charge < -0.3 is 10.0 Å². The molecule has 0 unspecified atom stereocenters. The first kappa shape index (κ1) is 15.1. The SMILES string of the molecule is C[C@H](CN(C)C(=O)Cc1ccc(F)cc1F)C(=O)O. The van der Waals surface area contributed by atoms with Crippen molar-refractivity contribution in [3.05, 3.63) is 35.4 Å². The van der Waals surface area contributed by atoms with Gasteiger partial charge in [0.15, 0.2) is 0 Å². The first-order valence-corrected chi connectivity index (χ1v) is 5.72. The highest BCUT2D eigenvalue weighted by Gasteiger charge is 2.18. The number of hydrogen-bond donors (Lipinski definition) is 1. The Hall–Kier alpha value is -1.98. The van der Waals surface area contributed by atoms with Gasteiger partial charge in [-0.15, -0.1) is 0 Å². The van der Waals surface area contributed by atoms with Crippen molar-refractivity contribution < 1.29 is 23.5 Å². The Balaban J connectivity index is 2.66. The lowest BCUT2D eigenvalue weighted by Gasteiger charge is -2.19. The van der Waals surface area contributed by atoms with Gasteiger partial charge in [-0.3, -0.25) is 9.59 Å². The number of carbonyl (C=O) groups excluding carboxylic acids is 1. The Morgan fingerprint density at radius 3 is 2.53 bits per heavy atom. The van der Waals surface area contributed by atoms with E-state index in [-0.39, 0.29) is 18.5 Å². The summed E-state index contributed by atoms with van der Waals surface area (Å²) in [6.45, 7) is 1.52. The summed E-state index contributed by atoms with van der Waals surface area (Å²) in [6.07, 6.45) is -0.227. The van der Waals surface area contributed by atoms with Crippen molar-refractivity contribution in [2.45, 2.75) is 13.3 Å². The number of carboxylic acids is 1. The van der Waals surface area contributed by atoms with Crippen LogP contribution < -0.4 is 0 Å². The molecule has 0 saturated heterocycles. The number of rotatable bonds is 5. The molecule has 0 aromatic heterocycles. The number of carbonyl (C=O) groups is 2. The standard InChI is InChI=1S/C13H15F2NO3/c1-8(13(18)19)7-16(2)12(17)5-9-3-4-10(14)6-11(9)15/h3-4,6,8H,5,7H2,1-2H3,(H,18,19)/t8-/m1/s1. The molecule has 1 amide bonds. The highest BCUT2D eigenvalue weighted by atomic mass is 19.1. The van der Waals surface area contributed by atoms with E-state index in [1.54, 1.807) is 0 Å². The Labute approximate surface area is 109 Å². The lowest BCUT2D eigenvalue weighted by Crippen LogP contribution is -2.34. The lowest BCUT2D eigenvalue weighted by atomic mass is 10.1. The van der Waals surface area contributed by atoms with Gasteiger partial charge >= 0.3 is 5.97 Å².